The first-order valence-electron chi connectivity index (χ1n) is 5.38. The van der Waals surface area contributed by atoms with Gasteiger partial charge in [-0.15, -0.1) is 0 Å². The van der Waals surface area contributed by atoms with E-state index < -0.39 is 0 Å². The van der Waals surface area contributed by atoms with Crippen LogP contribution >= 0.6 is 0 Å². The Kier molecular flexibility index (Phi) is 2.86. The predicted octanol–water partition coefficient (Wildman–Crippen LogP) is 0.193. The van der Waals surface area contributed by atoms with E-state index in [2.05, 4.69) is 17.3 Å². The molecule has 0 bridgehead atoms. The predicted molar refractivity (Wildman–Crippen MR) is 52.7 cm³/mol. The van der Waals surface area contributed by atoms with Crippen LogP contribution in [-0.2, 0) is 0 Å². The van der Waals surface area contributed by atoms with Gasteiger partial charge in [-0.2, -0.15) is 0 Å². The molecule has 0 aromatic heterocycles. The molecule has 3 nitrogen and oxygen atoms in total. The molecule has 0 spiro atoms. The van der Waals surface area contributed by atoms with Crippen molar-refractivity contribution in [2.24, 2.45) is 0 Å². The highest BCUT2D eigenvalue weighted by atomic mass is 16.3. The zero-order chi connectivity index (χ0) is 9.26. The molecule has 1 unspecified atom stereocenters. The van der Waals surface area contributed by atoms with Gasteiger partial charge in [0.05, 0.1) is 6.10 Å². The average molecular weight is 184 g/mol. The summed E-state index contributed by atoms with van der Waals surface area (Å²) in [6.45, 7) is 2.34. The van der Waals surface area contributed by atoms with Crippen LogP contribution in [0.1, 0.15) is 25.7 Å². The van der Waals surface area contributed by atoms with Crippen LogP contribution in [0.25, 0.3) is 0 Å². The molecule has 1 saturated carbocycles. The van der Waals surface area contributed by atoms with Crippen LogP contribution in [0.15, 0.2) is 0 Å². The number of aliphatic hydroxyl groups is 1. The summed E-state index contributed by atoms with van der Waals surface area (Å²) in [6.07, 6.45) is 4.47. The van der Waals surface area contributed by atoms with Gasteiger partial charge >= 0.3 is 0 Å². The molecule has 0 radical (unpaired) electrons. The highest BCUT2D eigenvalue weighted by molar-refractivity contribution is 4.88. The van der Waals surface area contributed by atoms with Crippen molar-refractivity contribution in [2.75, 3.05) is 20.1 Å². The van der Waals surface area contributed by atoms with E-state index in [1.165, 1.54) is 19.4 Å². The van der Waals surface area contributed by atoms with Crippen molar-refractivity contribution in [1.82, 2.24) is 10.2 Å². The minimum absolute atomic E-state index is 0.0918. The first-order valence-corrected chi connectivity index (χ1v) is 5.38. The van der Waals surface area contributed by atoms with E-state index in [1.54, 1.807) is 0 Å². The summed E-state index contributed by atoms with van der Waals surface area (Å²) < 4.78 is 0. The van der Waals surface area contributed by atoms with Gasteiger partial charge in [0.2, 0.25) is 0 Å². The summed E-state index contributed by atoms with van der Waals surface area (Å²) in [5, 5.41) is 13.2. The molecule has 3 atom stereocenters. The number of likely N-dealkylation sites (tertiary alicyclic amines) is 1. The first kappa shape index (κ1) is 9.44. The number of hydrogen-bond acceptors (Lipinski definition) is 3. The molecule has 1 aliphatic carbocycles. The molecule has 76 valence electrons. The average Bonchev–Trinajstić information content (AvgIpc) is 2.64. The lowest BCUT2D eigenvalue weighted by atomic mass is 10.1. The highest BCUT2D eigenvalue weighted by Crippen LogP contribution is 2.20. The topological polar surface area (TPSA) is 35.5 Å². The van der Waals surface area contributed by atoms with Crippen LogP contribution in [-0.4, -0.2) is 48.3 Å². The largest absolute Gasteiger partial charge is 0.392 e. The van der Waals surface area contributed by atoms with Crippen molar-refractivity contribution >= 4 is 0 Å². The lowest BCUT2D eigenvalue weighted by molar-refractivity contribution is 0.143. The van der Waals surface area contributed by atoms with E-state index in [-0.39, 0.29) is 6.10 Å². The quantitative estimate of drug-likeness (QED) is 0.643. The Labute approximate surface area is 80.1 Å². The molecule has 1 aliphatic heterocycles. The Morgan fingerprint density at radius 1 is 1.31 bits per heavy atom. The minimum atomic E-state index is -0.0918. The van der Waals surface area contributed by atoms with E-state index in [0.29, 0.717) is 12.1 Å². The summed E-state index contributed by atoms with van der Waals surface area (Å²) in [5.41, 5.74) is 0. The number of rotatable bonds is 2. The van der Waals surface area contributed by atoms with Crippen molar-refractivity contribution in [1.29, 1.82) is 0 Å². The van der Waals surface area contributed by atoms with Crippen molar-refractivity contribution in [3.63, 3.8) is 0 Å². The second-order valence-electron chi connectivity index (χ2n) is 4.52. The normalized spacial score (nSPS) is 41.5. The Morgan fingerprint density at radius 2 is 2.15 bits per heavy atom. The van der Waals surface area contributed by atoms with Gasteiger partial charge in [0, 0.05) is 18.6 Å². The zero-order valence-corrected chi connectivity index (χ0v) is 8.37. The van der Waals surface area contributed by atoms with Gasteiger partial charge in [-0.3, -0.25) is 0 Å². The number of nitrogens with one attached hydrogen (secondary N) is 1. The third-order valence-corrected chi connectivity index (χ3v) is 3.32. The Bertz CT molecular complexity index is 174. The van der Waals surface area contributed by atoms with Crippen LogP contribution in [0.5, 0.6) is 0 Å². The van der Waals surface area contributed by atoms with Gasteiger partial charge in [0.25, 0.3) is 0 Å². The molecule has 0 amide bonds. The monoisotopic (exact) mass is 184 g/mol. The van der Waals surface area contributed by atoms with E-state index in [9.17, 15) is 5.11 Å². The van der Waals surface area contributed by atoms with Crippen molar-refractivity contribution in [3.05, 3.63) is 0 Å². The fourth-order valence-corrected chi connectivity index (χ4v) is 2.51. The molecule has 2 fully saturated rings. The van der Waals surface area contributed by atoms with Crippen LogP contribution in [0.3, 0.4) is 0 Å². The van der Waals surface area contributed by atoms with Crippen molar-refractivity contribution < 1.29 is 5.11 Å². The number of aliphatic hydroxyl groups excluding tert-OH is 1. The van der Waals surface area contributed by atoms with E-state index in [0.717, 1.165) is 19.4 Å². The van der Waals surface area contributed by atoms with Gasteiger partial charge in [0.1, 0.15) is 0 Å². The maximum Gasteiger partial charge on any atom is 0.0693 e. The maximum absolute atomic E-state index is 9.64. The molecular formula is C10H20N2O. The Morgan fingerprint density at radius 3 is 2.69 bits per heavy atom. The summed E-state index contributed by atoms with van der Waals surface area (Å²) in [6, 6.07) is 0.985. The second-order valence-corrected chi connectivity index (χ2v) is 4.52. The van der Waals surface area contributed by atoms with Crippen LogP contribution in [0, 0.1) is 0 Å². The molecule has 2 aliphatic rings. The fourth-order valence-electron chi connectivity index (χ4n) is 2.51. The molecule has 1 saturated heterocycles. The number of nitrogens with zero attached hydrogens (tertiary/aromatic N) is 1. The number of likely N-dealkylation sites (N-methyl/N-ethyl adjacent to an activating group) is 1. The minimum Gasteiger partial charge on any atom is -0.392 e. The van der Waals surface area contributed by atoms with E-state index in [4.69, 9.17) is 0 Å². The molecule has 2 N–H and O–H groups in total. The number of hydrogen-bond donors (Lipinski definition) is 2. The summed E-state index contributed by atoms with van der Waals surface area (Å²) >= 11 is 0. The molecule has 0 aromatic rings. The highest BCUT2D eigenvalue weighted by Gasteiger charge is 2.29. The van der Waals surface area contributed by atoms with Gasteiger partial charge in [-0.1, -0.05) is 0 Å². The summed E-state index contributed by atoms with van der Waals surface area (Å²) in [7, 11) is 2.16. The maximum atomic E-state index is 9.64. The third-order valence-electron chi connectivity index (χ3n) is 3.32. The van der Waals surface area contributed by atoms with Crippen LogP contribution < -0.4 is 5.32 Å². The molecule has 0 aromatic carbocycles. The van der Waals surface area contributed by atoms with Gasteiger partial charge in [-0.05, 0) is 39.3 Å². The van der Waals surface area contributed by atoms with Gasteiger partial charge in [0.15, 0.2) is 0 Å². The smallest absolute Gasteiger partial charge is 0.0693 e. The standard InChI is InChI=1S/C10H20N2O/c1-12-6-5-8(7-12)11-9-3-2-4-10(9)13/h8-11,13H,2-7H2,1H3/t8?,9-,10-/m0/s1. The van der Waals surface area contributed by atoms with Crippen molar-refractivity contribution in [3.8, 4) is 0 Å². The van der Waals surface area contributed by atoms with Crippen molar-refractivity contribution in [2.45, 2.75) is 43.9 Å². The lowest BCUT2D eigenvalue weighted by Crippen LogP contribution is -2.43. The molecule has 1 heterocycles. The molecule has 3 heteroatoms. The molecule has 2 rings (SSSR count). The summed E-state index contributed by atoms with van der Waals surface area (Å²) in [5.74, 6) is 0. The van der Waals surface area contributed by atoms with Gasteiger partial charge < -0.3 is 15.3 Å². The third kappa shape index (κ3) is 2.22. The Balaban J connectivity index is 1.77. The molecule has 13 heavy (non-hydrogen) atoms. The first-order chi connectivity index (χ1) is 6.25. The van der Waals surface area contributed by atoms with Crippen LogP contribution in [0.4, 0.5) is 0 Å². The Hall–Kier alpha value is -0.120. The lowest BCUT2D eigenvalue weighted by Gasteiger charge is -2.21. The van der Waals surface area contributed by atoms with Crippen LogP contribution in [0.2, 0.25) is 0 Å². The summed E-state index contributed by atoms with van der Waals surface area (Å²) in [4.78, 5) is 2.35. The fraction of sp³-hybridized carbons (Fsp3) is 1.00. The van der Waals surface area contributed by atoms with E-state index in [1.807, 2.05) is 0 Å². The zero-order valence-electron chi connectivity index (χ0n) is 8.37. The molecular weight excluding hydrogens is 164 g/mol. The van der Waals surface area contributed by atoms with Gasteiger partial charge in [-0.25, -0.2) is 0 Å². The SMILES string of the molecule is CN1CCC(N[C@H]2CCC[C@@H]2O)C1. The van der Waals surface area contributed by atoms with E-state index >= 15 is 0 Å². The second kappa shape index (κ2) is 3.95.